The van der Waals surface area contributed by atoms with E-state index in [-0.39, 0.29) is 29.9 Å². The fraction of sp³-hybridized carbons (Fsp3) is 0.500. The largest absolute Gasteiger partial charge is 0.484 e. The highest BCUT2D eigenvalue weighted by atomic mass is 35.5. The van der Waals surface area contributed by atoms with E-state index in [2.05, 4.69) is 26.1 Å². The first kappa shape index (κ1) is 26.1. The van der Waals surface area contributed by atoms with Gasteiger partial charge in [0.1, 0.15) is 11.8 Å². The number of benzene rings is 2. The van der Waals surface area contributed by atoms with E-state index >= 15 is 0 Å². The second kappa shape index (κ2) is 11.7. The van der Waals surface area contributed by atoms with Gasteiger partial charge in [0.15, 0.2) is 6.61 Å². The molecule has 2 aromatic rings. The average molecular weight is 485 g/mol. The number of nitrogens with one attached hydrogen (secondary N) is 1. The van der Waals surface area contributed by atoms with E-state index in [9.17, 15) is 9.59 Å². The van der Waals surface area contributed by atoms with Crippen LogP contribution in [0, 0.1) is 0 Å². The van der Waals surface area contributed by atoms with Crippen LogP contribution in [0.25, 0.3) is 0 Å². The summed E-state index contributed by atoms with van der Waals surface area (Å²) in [6.07, 6.45) is 5.48. The van der Waals surface area contributed by atoms with E-state index in [1.165, 1.54) is 12.0 Å². The van der Waals surface area contributed by atoms with Crippen molar-refractivity contribution in [2.45, 2.75) is 83.8 Å². The lowest BCUT2D eigenvalue weighted by Crippen LogP contribution is -2.51. The quantitative estimate of drug-likeness (QED) is 0.508. The van der Waals surface area contributed by atoms with Crippen LogP contribution in [0.3, 0.4) is 0 Å². The molecular weight excluding hydrogens is 448 g/mol. The molecule has 1 fully saturated rings. The summed E-state index contributed by atoms with van der Waals surface area (Å²) in [5.74, 6) is 0.275. The van der Waals surface area contributed by atoms with Crippen LogP contribution in [0.5, 0.6) is 5.75 Å². The lowest BCUT2D eigenvalue weighted by Gasteiger charge is -2.31. The second-order valence-corrected chi connectivity index (χ2v) is 10.7. The standard InChI is InChI=1S/C28H37ClN2O3/c1-20(27(33)30-24-8-6-5-7-9-24)31(18-21-10-14-23(29)15-11-21)26(32)19-34-25-16-12-22(13-17-25)28(2,3)4/h10-17,20,24H,5-9,18-19H2,1-4H3,(H,30,33)/t20-/m0/s1. The van der Waals surface area contributed by atoms with Gasteiger partial charge in [-0.1, -0.05) is 75.9 Å². The SMILES string of the molecule is C[C@@H](C(=O)NC1CCCCC1)N(Cc1ccc(Cl)cc1)C(=O)COc1ccc(C(C)(C)C)cc1. The molecule has 0 radical (unpaired) electrons. The highest BCUT2D eigenvalue weighted by Crippen LogP contribution is 2.24. The van der Waals surface area contributed by atoms with E-state index < -0.39 is 6.04 Å². The molecule has 0 aromatic heterocycles. The fourth-order valence-electron chi connectivity index (χ4n) is 4.22. The summed E-state index contributed by atoms with van der Waals surface area (Å²) in [5.41, 5.74) is 2.15. The van der Waals surface area contributed by atoms with Crippen molar-refractivity contribution in [3.63, 3.8) is 0 Å². The molecule has 0 bridgehead atoms. The van der Waals surface area contributed by atoms with Gasteiger partial charge >= 0.3 is 0 Å². The lowest BCUT2D eigenvalue weighted by atomic mass is 9.87. The van der Waals surface area contributed by atoms with Crippen molar-refractivity contribution in [1.29, 1.82) is 0 Å². The summed E-state index contributed by atoms with van der Waals surface area (Å²) in [5, 5.41) is 3.78. The summed E-state index contributed by atoms with van der Waals surface area (Å²) in [7, 11) is 0. The molecular formula is C28H37ClN2O3. The smallest absolute Gasteiger partial charge is 0.261 e. The van der Waals surface area contributed by atoms with E-state index in [4.69, 9.17) is 16.3 Å². The molecule has 0 saturated heterocycles. The molecule has 2 aromatic carbocycles. The van der Waals surface area contributed by atoms with Crippen LogP contribution in [0.1, 0.15) is 70.9 Å². The van der Waals surface area contributed by atoms with Crippen molar-refractivity contribution < 1.29 is 14.3 Å². The zero-order chi connectivity index (χ0) is 24.7. The van der Waals surface area contributed by atoms with E-state index in [0.717, 1.165) is 31.2 Å². The Hall–Kier alpha value is -2.53. The Morgan fingerprint density at radius 3 is 2.24 bits per heavy atom. The van der Waals surface area contributed by atoms with Crippen LogP contribution in [0.2, 0.25) is 5.02 Å². The minimum absolute atomic E-state index is 0.0465. The minimum atomic E-state index is -0.614. The predicted molar refractivity (Wildman–Crippen MR) is 137 cm³/mol. The third-order valence-electron chi connectivity index (χ3n) is 6.47. The van der Waals surface area contributed by atoms with Crippen molar-refractivity contribution in [1.82, 2.24) is 10.2 Å². The van der Waals surface area contributed by atoms with Crippen LogP contribution in [0.15, 0.2) is 48.5 Å². The van der Waals surface area contributed by atoms with E-state index in [0.29, 0.717) is 17.3 Å². The van der Waals surface area contributed by atoms with E-state index in [1.807, 2.05) is 36.4 Å². The van der Waals surface area contributed by atoms with Crippen LogP contribution >= 0.6 is 11.6 Å². The molecule has 1 atom stereocenters. The number of hydrogen-bond acceptors (Lipinski definition) is 3. The Balaban J connectivity index is 1.69. The molecule has 3 rings (SSSR count). The molecule has 1 aliphatic rings. The monoisotopic (exact) mass is 484 g/mol. The Morgan fingerprint density at radius 1 is 1.03 bits per heavy atom. The summed E-state index contributed by atoms with van der Waals surface area (Å²) in [4.78, 5) is 27.9. The highest BCUT2D eigenvalue weighted by Gasteiger charge is 2.28. The number of rotatable bonds is 8. The second-order valence-electron chi connectivity index (χ2n) is 10.2. The summed E-state index contributed by atoms with van der Waals surface area (Å²) in [6, 6.07) is 14.7. The zero-order valence-electron chi connectivity index (χ0n) is 20.8. The van der Waals surface area contributed by atoms with Gasteiger partial charge in [0.25, 0.3) is 5.91 Å². The van der Waals surface area contributed by atoms with Gasteiger partial charge in [0.2, 0.25) is 5.91 Å². The molecule has 1 saturated carbocycles. The molecule has 0 heterocycles. The van der Waals surface area contributed by atoms with Crippen molar-refractivity contribution in [3.05, 3.63) is 64.7 Å². The first-order chi connectivity index (χ1) is 16.1. The Morgan fingerprint density at radius 2 is 1.65 bits per heavy atom. The fourth-order valence-corrected chi connectivity index (χ4v) is 4.34. The summed E-state index contributed by atoms with van der Waals surface area (Å²) < 4.78 is 5.81. The molecule has 34 heavy (non-hydrogen) atoms. The molecule has 6 heteroatoms. The molecule has 184 valence electrons. The third kappa shape index (κ3) is 7.49. The van der Waals surface area contributed by atoms with Crippen molar-refractivity contribution in [2.24, 2.45) is 0 Å². The molecule has 0 spiro atoms. The van der Waals surface area contributed by atoms with Gasteiger partial charge in [-0.05, 0) is 60.6 Å². The Bertz CT molecular complexity index is 945. The Labute approximate surface area is 208 Å². The minimum Gasteiger partial charge on any atom is -0.484 e. The first-order valence-electron chi connectivity index (χ1n) is 12.2. The van der Waals surface area contributed by atoms with Crippen LogP contribution in [0.4, 0.5) is 0 Å². The number of halogens is 1. The van der Waals surface area contributed by atoms with Crippen LogP contribution in [-0.4, -0.2) is 35.4 Å². The van der Waals surface area contributed by atoms with Gasteiger partial charge in [-0.3, -0.25) is 9.59 Å². The summed E-state index contributed by atoms with van der Waals surface area (Å²) >= 11 is 6.02. The number of nitrogens with zero attached hydrogens (tertiary/aromatic N) is 1. The number of ether oxygens (including phenoxy) is 1. The van der Waals surface area contributed by atoms with Gasteiger partial charge in [-0.15, -0.1) is 0 Å². The van der Waals surface area contributed by atoms with Gasteiger partial charge < -0.3 is 15.0 Å². The molecule has 1 aliphatic carbocycles. The maximum absolute atomic E-state index is 13.2. The number of carbonyl (C=O) groups excluding carboxylic acids is 2. The molecule has 0 aliphatic heterocycles. The number of carbonyl (C=O) groups is 2. The first-order valence-corrected chi connectivity index (χ1v) is 12.6. The van der Waals surface area contributed by atoms with E-state index in [1.54, 1.807) is 24.0 Å². The van der Waals surface area contributed by atoms with Gasteiger partial charge in [0, 0.05) is 17.6 Å². The third-order valence-corrected chi connectivity index (χ3v) is 6.72. The number of hydrogen-bond donors (Lipinski definition) is 1. The summed E-state index contributed by atoms with van der Waals surface area (Å²) in [6.45, 7) is 8.41. The molecule has 0 unspecified atom stereocenters. The maximum atomic E-state index is 13.2. The van der Waals surface area contributed by atoms with Gasteiger partial charge in [-0.25, -0.2) is 0 Å². The number of amides is 2. The normalized spacial score (nSPS) is 15.4. The predicted octanol–water partition coefficient (Wildman–Crippen LogP) is 5.88. The van der Waals surface area contributed by atoms with Crippen molar-refractivity contribution in [2.75, 3.05) is 6.61 Å². The molecule has 5 nitrogen and oxygen atoms in total. The molecule has 1 N–H and O–H groups in total. The average Bonchev–Trinajstić information content (AvgIpc) is 2.82. The van der Waals surface area contributed by atoms with Crippen LogP contribution < -0.4 is 10.1 Å². The topological polar surface area (TPSA) is 58.6 Å². The lowest BCUT2D eigenvalue weighted by molar-refractivity contribution is -0.142. The highest BCUT2D eigenvalue weighted by molar-refractivity contribution is 6.30. The van der Waals surface area contributed by atoms with Gasteiger partial charge in [0.05, 0.1) is 0 Å². The maximum Gasteiger partial charge on any atom is 0.261 e. The zero-order valence-corrected chi connectivity index (χ0v) is 21.5. The van der Waals surface area contributed by atoms with Gasteiger partial charge in [-0.2, -0.15) is 0 Å². The molecule has 2 amide bonds. The Kier molecular flexibility index (Phi) is 9.01. The van der Waals surface area contributed by atoms with Crippen LogP contribution in [-0.2, 0) is 21.5 Å². The van der Waals surface area contributed by atoms with Crippen molar-refractivity contribution >= 4 is 23.4 Å². The van der Waals surface area contributed by atoms with Crippen molar-refractivity contribution in [3.8, 4) is 5.75 Å².